The molecule has 3 aromatic rings. The predicted molar refractivity (Wildman–Crippen MR) is 101 cm³/mol. The number of benzene rings is 3. The highest BCUT2D eigenvalue weighted by Crippen LogP contribution is 2.37. The SMILES string of the molecule is N#[N+]c1ccc(-c2ccccc2)cc1.O=S1(=O)[N-]S(=O)(=O)c2ccccc21. The van der Waals surface area contributed by atoms with Crippen LogP contribution in [0.1, 0.15) is 0 Å². The molecule has 3 aromatic carbocycles. The third kappa shape index (κ3) is 4.03. The first-order valence-corrected chi connectivity index (χ1v) is 10.6. The van der Waals surface area contributed by atoms with E-state index in [4.69, 9.17) is 5.39 Å². The van der Waals surface area contributed by atoms with Crippen LogP contribution < -0.4 is 0 Å². The van der Waals surface area contributed by atoms with Crippen LogP contribution in [0.4, 0.5) is 5.69 Å². The second-order valence-corrected chi connectivity index (χ2v) is 8.86. The molecule has 0 bridgehead atoms. The van der Waals surface area contributed by atoms with Crippen molar-refractivity contribution in [2.75, 3.05) is 0 Å². The van der Waals surface area contributed by atoms with E-state index in [2.05, 4.69) is 9.10 Å². The maximum atomic E-state index is 11.1. The van der Waals surface area contributed by atoms with Crippen molar-refractivity contribution in [1.82, 2.24) is 0 Å². The van der Waals surface area contributed by atoms with Gasteiger partial charge in [0, 0.05) is 12.1 Å². The van der Waals surface area contributed by atoms with Crippen LogP contribution in [-0.2, 0) is 20.0 Å². The molecule has 7 nitrogen and oxygen atoms in total. The Morgan fingerprint density at radius 1 is 0.630 bits per heavy atom. The van der Waals surface area contributed by atoms with Gasteiger partial charge in [0.15, 0.2) is 4.98 Å². The largest absolute Gasteiger partial charge is 0.428 e. The molecule has 0 fully saturated rings. The Hall–Kier alpha value is -3.06. The van der Waals surface area contributed by atoms with Gasteiger partial charge in [-0.2, -0.15) is 0 Å². The number of fused-ring (bicyclic) bond motifs is 1. The Kier molecular flexibility index (Phi) is 5.05. The van der Waals surface area contributed by atoms with E-state index in [1.807, 2.05) is 42.5 Å². The average molecular weight is 399 g/mol. The molecule has 0 saturated carbocycles. The van der Waals surface area contributed by atoms with Crippen LogP contribution >= 0.6 is 0 Å². The summed E-state index contributed by atoms with van der Waals surface area (Å²) in [7, 11) is -7.95. The van der Waals surface area contributed by atoms with Gasteiger partial charge in [0.1, 0.15) is 20.0 Å². The molecule has 0 unspecified atom stereocenters. The summed E-state index contributed by atoms with van der Waals surface area (Å²) in [5.41, 5.74) is 2.86. The minimum atomic E-state index is -3.98. The van der Waals surface area contributed by atoms with Crippen molar-refractivity contribution in [2.45, 2.75) is 9.79 Å². The molecule has 0 amide bonds. The van der Waals surface area contributed by atoms with Gasteiger partial charge in [-0.1, -0.05) is 42.5 Å². The lowest BCUT2D eigenvalue weighted by atomic mass is 10.1. The van der Waals surface area contributed by atoms with Gasteiger partial charge in [0.05, 0.1) is 9.79 Å². The molecule has 0 N–H and O–H groups in total. The van der Waals surface area contributed by atoms with E-state index >= 15 is 0 Å². The van der Waals surface area contributed by atoms with Crippen molar-refractivity contribution in [3.8, 4) is 11.1 Å². The maximum Gasteiger partial charge on any atom is 0.385 e. The quantitative estimate of drug-likeness (QED) is 0.567. The van der Waals surface area contributed by atoms with Gasteiger partial charge >= 0.3 is 5.69 Å². The summed E-state index contributed by atoms with van der Waals surface area (Å²) in [4.78, 5) is 2.62. The lowest BCUT2D eigenvalue weighted by Gasteiger charge is -2.05. The zero-order valence-corrected chi connectivity index (χ0v) is 15.4. The molecule has 27 heavy (non-hydrogen) atoms. The first kappa shape index (κ1) is 18.7. The summed E-state index contributed by atoms with van der Waals surface area (Å²) in [6.45, 7) is 0. The third-order valence-electron chi connectivity index (χ3n) is 3.69. The first-order valence-electron chi connectivity index (χ1n) is 7.67. The number of diazo groups is 1. The van der Waals surface area contributed by atoms with Crippen LogP contribution in [0.3, 0.4) is 0 Å². The van der Waals surface area contributed by atoms with Crippen LogP contribution in [0.5, 0.6) is 0 Å². The summed E-state index contributed by atoms with van der Waals surface area (Å²) in [5.74, 6) is 0. The zero-order valence-electron chi connectivity index (χ0n) is 13.8. The smallest absolute Gasteiger partial charge is 0.385 e. The molecular weight excluding hydrogens is 386 g/mol. The fourth-order valence-electron chi connectivity index (χ4n) is 2.44. The Bertz CT molecular complexity index is 1160. The van der Waals surface area contributed by atoms with Gasteiger partial charge in [-0.05, 0) is 35.4 Å². The van der Waals surface area contributed by atoms with Crippen molar-refractivity contribution < 1.29 is 16.8 Å². The Morgan fingerprint density at radius 3 is 1.56 bits per heavy atom. The molecule has 0 saturated heterocycles. The molecule has 0 spiro atoms. The van der Waals surface area contributed by atoms with E-state index in [9.17, 15) is 16.8 Å². The Morgan fingerprint density at radius 2 is 1.07 bits per heavy atom. The number of rotatable bonds is 1. The fraction of sp³-hybridized carbons (Fsp3) is 0. The molecule has 0 aliphatic carbocycles. The standard InChI is InChI=1S/C12H9N2.C6H4NO4S2/c13-14-12-8-6-11(7-9-12)10-4-2-1-3-5-10;8-12(9)5-3-1-2-4-6(5)13(10,11)7-12/h1-9H;1-4H/q+1;-1. The second-order valence-electron chi connectivity index (χ2n) is 5.48. The topological polar surface area (TPSA) is 111 Å². The van der Waals surface area contributed by atoms with Crippen LogP contribution in [0, 0.1) is 5.39 Å². The van der Waals surface area contributed by atoms with E-state index in [1.165, 1.54) is 24.3 Å². The van der Waals surface area contributed by atoms with E-state index < -0.39 is 20.0 Å². The molecule has 0 atom stereocenters. The normalized spacial score (nSPS) is 15.7. The van der Waals surface area contributed by atoms with E-state index in [0.717, 1.165) is 11.1 Å². The van der Waals surface area contributed by atoms with Crippen molar-refractivity contribution in [3.63, 3.8) is 0 Å². The lowest BCUT2D eigenvalue weighted by Crippen LogP contribution is -1.92. The van der Waals surface area contributed by atoms with Gasteiger partial charge in [0.2, 0.25) is 5.39 Å². The number of nitrogens with zero attached hydrogens (tertiary/aromatic N) is 3. The minimum absolute atomic E-state index is 0.241. The average Bonchev–Trinajstić information content (AvgIpc) is 2.88. The van der Waals surface area contributed by atoms with Gasteiger partial charge in [-0.15, -0.1) is 0 Å². The molecule has 9 heteroatoms. The number of hydrogen-bond donors (Lipinski definition) is 0. The summed E-state index contributed by atoms with van der Waals surface area (Å²) in [5, 5.41) is 8.52. The third-order valence-corrected chi connectivity index (χ3v) is 7.21. The molecule has 136 valence electrons. The summed E-state index contributed by atoms with van der Waals surface area (Å²) < 4.78 is 47.3. The Labute approximate surface area is 157 Å². The van der Waals surface area contributed by atoms with Gasteiger partial charge < -0.3 is 4.13 Å². The van der Waals surface area contributed by atoms with Gasteiger partial charge in [0.25, 0.3) is 0 Å². The molecular formula is C18H13N3O4S2. The summed E-state index contributed by atoms with van der Waals surface area (Å²) >= 11 is 0. The van der Waals surface area contributed by atoms with Crippen LogP contribution in [0.25, 0.3) is 20.2 Å². The monoisotopic (exact) mass is 399 g/mol. The van der Waals surface area contributed by atoms with E-state index in [0.29, 0.717) is 5.69 Å². The highest BCUT2D eigenvalue weighted by Gasteiger charge is 2.26. The van der Waals surface area contributed by atoms with Crippen LogP contribution in [-0.4, -0.2) is 16.8 Å². The zero-order chi connectivity index (χ0) is 19.5. The number of hydrogen-bond acceptors (Lipinski definition) is 5. The molecule has 0 aromatic heterocycles. The fourth-order valence-corrected chi connectivity index (χ4v) is 5.89. The number of sulfonamides is 2. The maximum absolute atomic E-state index is 11.1. The molecule has 0 radical (unpaired) electrons. The molecule has 1 aliphatic heterocycles. The molecule has 1 heterocycles. The van der Waals surface area contributed by atoms with Crippen LogP contribution in [0.15, 0.2) is 88.7 Å². The van der Waals surface area contributed by atoms with Gasteiger partial charge in [-0.25, -0.2) is 16.8 Å². The van der Waals surface area contributed by atoms with E-state index in [-0.39, 0.29) is 9.79 Å². The summed E-state index contributed by atoms with van der Waals surface area (Å²) in [6, 6.07) is 22.9. The second kappa shape index (κ2) is 7.28. The Balaban J connectivity index is 0.000000156. The van der Waals surface area contributed by atoms with Gasteiger partial charge in [-0.3, -0.25) is 0 Å². The van der Waals surface area contributed by atoms with Crippen molar-refractivity contribution >= 4 is 25.7 Å². The molecule has 1 aliphatic rings. The predicted octanol–water partition coefficient (Wildman–Crippen LogP) is 4.29. The van der Waals surface area contributed by atoms with E-state index in [1.54, 1.807) is 12.1 Å². The highest BCUT2D eigenvalue weighted by atomic mass is 32.3. The lowest BCUT2D eigenvalue weighted by molar-refractivity contribution is 0.603. The van der Waals surface area contributed by atoms with Crippen molar-refractivity contribution in [1.29, 1.82) is 5.39 Å². The first-order chi connectivity index (χ1) is 12.8. The highest BCUT2D eigenvalue weighted by molar-refractivity contribution is 8.14. The van der Waals surface area contributed by atoms with Crippen molar-refractivity contribution in [2.24, 2.45) is 0 Å². The van der Waals surface area contributed by atoms with Crippen LogP contribution in [0.2, 0.25) is 0 Å². The summed E-state index contributed by atoms with van der Waals surface area (Å²) in [6.07, 6.45) is 0. The van der Waals surface area contributed by atoms with Crippen molar-refractivity contribution in [3.05, 3.63) is 88.0 Å². The molecule has 4 rings (SSSR count). The minimum Gasteiger partial charge on any atom is -0.428 e.